The van der Waals surface area contributed by atoms with Crippen molar-refractivity contribution in [1.29, 1.82) is 0 Å². The lowest BCUT2D eigenvalue weighted by Crippen LogP contribution is -2.50. The van der Waals surface area contributed by atoms with Crippen molar-refractivity contribution in [3.8, 4) is 0 Å². The Hall–Kier alpha value is -1.49. The number of thioether (sulfide) groups is 1. The average molecular weight is 373 g/mol. The minimum absolute atomic E-state index is 0.0304. The molecule has 0 radical (unpaired) electrons. The van der Waals surface area contributed by atoms with Gasteiger partial charge in [0.05, 0.1) is 5.25 Å². The molecule has 0 aromatic heterocycles. The smallest absolute Gasteiger partial charge is 0.251 e. The van der Waals surface area contributed by atoms with Gasteiger partial charge in [0, 0.05) is 11.3 Å². The lowest BCUT2D eigenvalue weighted by molar-refractivity contribution is -0.134. The van der Waals surface area contributed by atoms with Gasteiger partial charge in [-0.2, -0.15) is 0 Å². The van der Waals surface area contributed by atoms with Gasteiger partial charge in [-0.25, -0.2) is 0 Å². The van der Waals surface area contributed by atoms with Crippen LogP contribution in [-0.2, 0) is 9.59 Å². The normalized spacial score (nSPS) is 32.9. The molecule has 2 N–H and O–H groups in total. The van der Waals surface area contributed by atoms with Gasteiger partial charge in [-0.3, -0.25) is 20.4 Å². The van der Waals surface area contributed by atoms with Gasteiger partial charge in [0.1, 0.15) is 0 Å². The topological polar surface area (TPSA) is 58.2 Å². The number of benzene rings is 1. The van der Waals surface area contributed by atoms with Gasteiger partial charge < -0.3 is 0 Å². The van der Waals surface area contributed by atoms with Gasteiger partial charge in [-0.05, 0) is 80.8 Å². The number of nitrogens with one attached hydrogen (secondary N) is 2. The van der Waals surface area contributed by atoms with Crippen LogP contribution in [0.5, 0.6) is 0 Å². The lowest BCUT2D eigenvalue weighted by Gasteiger charge is -2.56. The Morgan fingerprint density at radius 3 is 2.19 bits per heavy atom. The molecular formula is C21H28N2O2S. The van der Waals surface area contributed by atoms with Crippen molar-refractivity contribution in [3.05, 3.63) is 30.3 Å². The van der Waals surface area contributed by atoms with Crippen molar-refractivity contribution in [2.45, 2.75) is 62.0 Å². The van der Waals surface area contributed by atoms with Crippen molar-refractivity contribution in [2.24, 2.45) is 23.2 Å². The number of hydrogen-bond acceptors (Lipinski definition) is 3. The average Bonchev–Trinajstić information content (AvgIpc) is 2.59. The Morgan fingerprint density at radius 2 is 1.62 bits per heavy atom. The molecule has 140 valence electrons. The molecule has 0 saturated heterocycles. The molecule has 5 rings (SSSR count). The van der Waals surface area contributed by atoms with E-state index in [0.717, 1.165) is 22.6 Å². The van der Waals surface area contributed by atoms with Crippen LogP contribution in [0.4, 0.5) is 0 Å². The Morgan fingerprint density at radius 1 is 1.04 bits per heavy atom. The van der Waals surface area contributed by atoms with Crippen LogP contribution in [0.3, 0.4) is 0 Å². The molecule has 4 nitrogen and oxygen atoms in total. The number of amides is 2. The maximum Gasteiger partial charge on any atom is 0.251 e. The van der Waals surface area contributed by atoms with Gasteiger partial charge in [0.15, 0.2) is 0 Å². The van der Waals surface area contributed by atoms with Gasteiger partial charge in [-0.1, -0.05) is 18.2 Å². The molecule has 26 heavy (non-hydrogen) atoms. The fourth-order valence-electron chi connectivity index (χ4n) is 5.88. The van der Waals surface area contributed by atoms with E-state index in [-0.39, 0.29) is 22.5 Å². The maximum absolute atomic E-state index is 12.5. The number of rotatable bonds is 5. The largest absolute Gasteiger partial charge is 0.273 e. The monoisotopic (exact) mass is 372 g/mol. The van der Waals surface area contributed by atoms with Gasteiger partial charge in [0.25, 0.3) is 5.91 Å². The first kappa shape index (κ1) is 17.9. The molecule has 0 aliphatic heterocycles. The summed E-state index contributed by atoms with van der Waals surface area (Å²) >= 11 is 1.49. The number of hydrogen-bond donors (Lipinski definition) is 2. The molecule has 0 heterocycles. The Kier molecular flexibility index (Phi) is 5.00. The summed E-state index contributed by atoms with van der Waals surface area (Å²) < 4.78 is 0. The predicted octanol–water partition coefficient (Wildman–Crippen LogP) is 3.92. The molecule has 4 bridgehead atoms. The molecule has 0 spiro atoms. The summed E-state index contributed by atoms with van der Waals surface area (Å²) in [6, 6.07) is 9.85. The highest BCUT2D eigenvalue weighted by Gasteiger charge is 2.51. The van der Waals surface area contributed by atoms with E-state index < -0.39 is 0 Å². The summed E-state index contributed by atoms with van der Waals surface area (Å²) in [7, 11) is 0. The molecule has 1 atom stereocenters. The van der Waals surface area contributed by atoms with Crippen molar-refractivity contribution < 1.29 is 9.59 Å². The summed E-state index contributed by atoms with van der Waals surface area (Å²) in [4.78, 5) is 25.8. The molecular weight excluding hydrogens is 344 g/mol. The second-order valence-electron chi connectivity index (χ2n) is 8.70. The van der Waals surface area contributed by atoms with Crippen molar-refractivity contribution in [1.82, 2.24) is 10.9 Å². The van der Waals surface area contributed by atoms with E-state index in [1.165, 1.54) is 50.3 Å². The van der Waals surface area contributed by atoms with E-state index in [9.17, 15) is 9.59 Å². The third kappa shape index (κ3) is 3.93. The van der Waals surface area contributed by atoms with Crippen LogP contribution in [-0.4, -0.2) is 17.1 Å². The van der Waals surface area contributed by atoms with E-state index >= 15 is 0 Å². The molecule has 4 fully saturated rings. The maximum atomic E-state index is 12.5. The van der Waals surface area contributed by atoms with Crippen LogP contribution in [0, 0.1) is 23.2 Å². The van der Waals surface area contributed by atoms with Gasteiger partial charge >= 0.3 is 0 Å². The van der Waals surface area contributed by atoms with Crippen molar-refractivity contribution in [2.75, 3.05) is 0 Å². The van der Waals surface area contributed by atoms with E-state index in [0.29, 0.717) is 6.42 Å². The van der Waals surface area contributed by atoms with Crippen molar-refractivity contribution >= 4 is 23.6 Å². The fourth-order valence-corrected chi connectivity index (χ4v) is 6.77. The molecule has 2 amide bonds. The van der Waals surface area contributed by atoms with Gasteiger partial charge in [0.2, 0.25) is 5.91 Å². The molecule has 4 aliphatic rings. The Labute approximate surface area is 159 Å². The van der Waals surface area contributed by atoms with Crippen molar-refractivity contribution in [3.63, 3.8) is 0 Å². The minimum atomic E-state index is -0.253. The molecule has 4 aliphatic carbocycles. The minimum Gasteiger partial charge on any atom is -0.273 e. The highest BCUT2D eigenvalue weighted by atomic mass is 32.2. The zero-order chi connectivity index (χ0) is 18.1. The Bertz CT molecular complexity index is 641. The summed E-state index contributed by atoms with van der Waals surface area (Å²) in [5.74, 6) is 2.33. The number of carbonyl (C=O) groups is 2. The number of carbonyl (C=O) groups excluding carboxylic acids is 2. The van der Waals surface area contributed by atoms with E-state index in [1.807, 2.05) is 37.3 Å². The Balaban J connectivity index is 1.26. The van der Waals surface area contributed by atoms with Crippen LogP contribution in [0.25, 0.3) is 0 Å². The first-order valence-corrected chi connectivity index (χ1v) is 10.7. The zero-order valence-electron chi connectivity index (χ0n) is 15.4. The first-order chi connectivity index (χ1) is 12.5. The summed E-state index contributed by atoms with van der Waals surface area (Å²) in [5, 5.41) is -0.253. The van der Waals surface area contributed by atoms with Crippen LogP contribution in [0.1, 0.15) is 51.9 Å². The summed E-state index contributed by atoms with van der Waals surface area (Å²) in [6.45, 7) is 1.86. The molecule has 1 aromatic carbocycles. The SMILES string of the molecule is CC(Sc1ccccc1)C(=O)NNC(=O)CC12CC3CC(CC(C3)C1)C2. The highest BCUT2D eigenvalue weighted by molar-refractivity contribution is 8.00. The molecule has 4 saturated carbocycles. The fraction of sp³-hybridized carbons (Fsp3) is 0.619. The van der Waals surface area contributed by atoms with E-state index in [2.05, 4.69) is 10.9 Å². The first-order valence-electron chi connectivity index (χ1n) is 9.82. The molecule has 1 aromatic rings. The molecule has 1 unspecified atom stereocenters. The highest BCUT2D eigenvalue weighted by Crippen LogP contribution is 2.61. The second-order valence-corrected chi connectivity index (χ2v) is 10.1. The van der Waals surface area contributed by atoms with Crippen LogP contribution in [0.2, 0.25) is 0 Å². The second kappa shape index (κ2) is 7.26. The predicted molar refractivity (Wildman–Crippen MR) is 103 cm³/mol. The third-order valence-electron chi connectivity index (χ3n) is 6.45. The standard InChI is InChI=1S/C21H28N2O2S/c1-14(26-18-5-3-2-4-6-18)20(25)23-22-19(24)13-21-10-15-7-16(11-21)9-17(8-15)12-21/h2-6,14-17H,7-13H2,1H3,(H,22,24)(H,23,25). The quantitative estimate of drug-likeness (QED) is 0.608. The van der Waals surface area contributed by atoms with E-state index in [4.69, 9.17) is 0 Å². The molecule has 5 heteroatoms. The van der Waals surface area contributed by atoms with Crippen LogP contribution >= 0.6 is 11.8 Å². The van der Waals surface area contributed by atoms with Crippen LogP contribution < -0.4 is 10.9 Å². The zero-order valence-corrected chi connectivity index (χ0v) is 16.2. The summed E-state index contributed by atoms with van der Waals surface area (Å²) in [5.41, 5.74) is 5.50. The van der Waals surface area contributed by atoms with E-state index in [1.54, 1.807) is 0 Å². The third-order valence-corrected chi connectivity index (χ3v) is 7.56. The number of hydrazine groups is 1. The van der Waals surface area contributed by atoms with Crippen LogP contribution in [0.15, 0.2) is 35.2 Å². The van der Waals surface area contributed by atoms with Gasteiger partial charge in [-0.15, -0.1) is 11.8 Å². The summed E-state index contributed by atoms with van der Waals surface area (Å²) in [6.07, 6.45) is 8.34. The lowest BCUT2D eigenvalue weighted by atomic mass is 9.49.